The molecule has 8 heteroatoms. The van der Waals surface area contributed by atoms with Crippen molar-refractivity contribution in [3.8, 4) is 5.75 Å². The average Bonchev–Trinajstić information content (AvgIpc) is 3.42. The fourth-order valence-electron chi connectivity index (χ4n) is 4.30. The Morgan fingerprint density at radius 2 is 1.78 bits per heavy atom. The predicted molar refractivity (Wildman–Crippen MR) is 138 cm³/mol. The van der Waals surface area contributed by atoms with Crippen LogP contribution in [0.5, 0.6) is 5.75 Å². The van der Waals surface area contributed by atoms with Gasteiger partial charge in [-0.05, 0) is 73.0 Å². The van der Waals surface area contributed by atoms with Gasteiger partial charge in [0.25, 0.3) is 5.78 Å². The van der Waals surface area contributed by atoms with Crippen molar-refractivity contribution < 1.29 is 23.8 Å². The van der Waals surface area contributed by atoms with E-state index in [1.54, 1.807) is 24.3 Å². The summed E-state index contributed by atoms with van der Waals surface area (Å²) < 4.78 is 20.1. The fraction of sp³-hybridized carbons (Fsp3) is 0.179. The van der Waals surface area contributed by atoms with Gasteiger partial charge in [-0.15, -0.1) is 0 Å². The molecule has 0 aliphatic carbocycles. The van der Waals surface area contributed by atoms with Crippen molar-refractivity contribution in [2.24, 2.45) is 0 Å². The number of aliphatic hydroxyl groups excluding tert-OH is 1. The number of carbonyl (C=O) groups is 2. The average molecular weight is 503 g/mol. The predicted octanol–water partition coefficient (Wildman–Crippen LogP) is 6.02. The molecule has 6 nitrogen and oxygen atoms in total. The number of benzene rings is 3. The van der Waals surface area contributed by atoms with Crippen LogP contribution in [-0.4, -0.2) is 28.4 Å². The van der Waals surface area contributed by atoms with E-state index in [4.69, 9.17) is 4.74 Å². The molecule has 36 heavy (non-hydrogen) atoms. The molecule has 1 fully saturated rings. The van der Waals surface area contributed by atoms with Crippen molar-refractivity contribution in [2.45, 2.75) is 26.3 Å². The quantitative estimate of drug-likeness (QED) is 0.198. The topological polar surface area (TPSA) is 79.7 Å². The second-order valence-corrected chi connectivity index (χ2v) is 9.34. The highest BCUT2D eigenvalue weighted by atomic mass is 32.1. The number of thiazole rings is 1. The summed E-state index contributed by atoms with van der Waals surface area (Å²) in [6.45, 7) is 4.41. The molecule has 3 aromatic carbocycles. The van der Waals surface area contributed by atoms with Crippen LogP contribution in [-0.2, 0) is 16.0 Å². The van der Waals surface area contributed by atoms with Gasteiger partial charge in [0, 0.05) is 5.56 Å². The molecular weight excluding hydrogens is 479 g/mol. The number of hydrogen-bond acceptors (Lipinski definition) is 6. The summed E-state index contributed by atoms with van der Waals surface area (Å²) >= 11 is 1.30. The van der Waals surface area contributed by atoms with E-state index in [9.17, 15) is 19.1 Å². The van der Waals surface area contributed by atoms with Crippen molar-refractivity contribution in [3.63, 3.8) is 0 Å². The number of aromatic nitrogens is 1. The van der Waals surface area contributed by atoms with E-state index in [0.29, 0.717) is 34.1 Å². The van der Waals surface area contributed by atoms with Crippen molar-refractivity contribution >= 4 is 44.1 Å². The van der Waals surface area contributed by atoms with E-state index in [-0.39, 0.29) is 11.3 Å². The van der Waals surface area contributed by atoms with Crippen LogP contribution in [0.3, 0.4) is 0 Å². The van der Waals surface area contributed by atoms with Crippen LogP contribution in [0.1, 0.15) is 36.6 Å². The summed E-state index contributed by atoms with van der Waals surface area (Å²) in [7, 11) is 0. The summed E-state index contributed by atoms with van der Waals surface area (Å²) in [6, 6.07) is 17.1. The summed E-state index contributed by atoms with van der Waals surface area (Å²) in [5, 5.41) is 11.6. The van der Waals surface area contributed by atoms with Crippen LogP contribution in [0, 0.1) is 5.82 Å². The van der Waals surface area contributed by atoms with Crippen LogP contribution >= 0.6 is 11.3 Å². The highest BCUT2D eigenvalue weighted by molar-refractivity contribution is 7.22. The molecule has 4 aromatic rings. The number of aryl methyl sites for hydroxylation is 1. The van der Waals surface area contributed by atoms with E-state index < -0.39 is 23.5 Å². The van der Waals surface area contributed by atoms with Crippen LogP contribution in [0.4, 0.5) is 9.52 Å². The minimum atomic E-state index is -0.969. The summed E-state index contributed by atoms with van der Waals surface area (Å²) in [4.78, 5) is 32.6. The minimum absolute atomic E-state index is 0.0794. The Kier molecular flexibility index (Phi) is 6.28. The normalized spacial score (nSPS) is 17.2. The Balaban J connectivity index is 1.67. The van der Waals surface area contributed by atoms with E-state index in [1.165, 1.54) is 40.5 Å². The molecule has 1 saturated heterocycles. The number of anilines is 1. The van der Waals surface area contributed by atoms with Gasteiger partial charge in [-0.25, -0.2) is 9.37 Å². The van der Waals surface area contributed by atoms with Gasteiger partial charge in [-0.3, -0.25) is 14.5 Å². The van der Waals surface area contributed by atoms with Crippen molar-refractivity contribution in [1.82, 2.24) is 4.98 Å². The monoisotopic (exact) mass is 502 g/mol. The number of halogens is 1. The maximum atomic E-state index is 13.7. The van der Waals surface area contributed by atoms with Crippen molar-refractivity contribution in [1.29, 1.82) is 0 Å². The maximum Gasteiger partial charge on any atom is 0.301 e. The first kappa shape index (κ1) is 23.7. The zero-order valence-corrected chi connectivity index (χ0v) is 20.5. The first-order valence-electron chi connectivity index (χ1n) is 11.6. The lowest BCUT2D eigenvalue weighted by molar-refractivity contribution is -0.132. The number of hydrogen-bond donors (Lipinski definition) is 1. The van der Waals surface area contributed by atoms with Gasteiger partial charge in [0.15, 0.2) is 5.13 Å². The minimum Gasteiger partial charge on any atom is -0.507 e. The standard InChI is InChI=1S/C28H23FN2O4S/c1-3-16-5-14-21-22(15-16)36-28(30-21)31-24(17-6-10-19(29)11-7-17)23(26(33)27(31)34)25(32)18-8-12-20(13-9-18)35-4-2/h5-15,24,32H,3-4H2,1-2H3/t24-/m1/s1. The number of fused-ring (bicyclic) bond motifs is 1. The number of Topliss-reactive ketones (excluding diaryl/α,β-unsaturated/α-hetero) is 1. The number of aliphatic hydroxyl groups is 1. The molecule has 1 aliphatic rings. The lowest BCUT2D eigenvalue weighted by Crippen LogP contribution is -2.29. The first-order chi connectivity index (χ1) is 17.4. The summed E-state index contributed by atoms with van der Waals surface area (Å²) in [5.41, 5.74) is 2.60. The molecule has 1 aromatic heterocycles. The maximum absolute atomic E-state index is 13.7. The highest BCUT2D eigenvalue weighted by Crippen LogP contribution is 2.44. The molecule has 1 amide bonds. The van der Waals surface area contributed by atoms with E-state index in [2.05, 4.69) is 11.9 Å². The highest BCUT2D eigenvalue weighted by Gasteiger charge is 2.48. The Hall–Kier alpha value is -4.04. The van der Waals surface area contributed by atoms with Crippen molar-refractivity contribution in [2.75, 3.05) is 11.5 Å². The largest absolute Gasteiger partial charge is 0.507 e. The lowest BCUT2D eigenvalue weighted by atomic mass is 9.95. The lowest BCUT2D eigenvalue weighted by Gasteiger charge is -2.23. The second kappa shape index (κ2) is 9.54. The molecule has 182 valence electrons. The summed E-state index contributed by atoms with van der Waals surface area (Å²) in [6.07, 6.45) is 0.853. The molecule has 0 radical (unpaired) electrons. The van der Waals surface area contributed by atoms with Crippen LogP contribution < -0.4 is 9.64 Å². The third-order valence-corrected chi connectivity index (χ3v) is 7.14. The van der Waals surface area contributed by atoms with Gasteiger partial charge in [0.05, 0.1) is 28.4 Å². The number of rotatable bonds is 6. The SMILES string of the molecule is CCOc1ccc(C(O)=C2C(=O)C(=O)N(c3nc4ccc(CC)cc4s3)[C@@H]2c2ccc(F)cc2)cc1. The Bertz CT molecular complexity index is 1490. The van der Waals surface area contributed by atoms with Crippen molar-refractivity contribution in [3.05, 3.63) is 94.8 Å². The molecular formula is C28H23FN2O4S. The van der Waals surface area contributed by atoms with Crippen LogP contribution in [0.2, 0.25) is 0 Å². The fourth-order valence-corrected chi connectivity index (χ4v) is 5.36. The molecule has 5 rings (SSSR count). The van der Waals surface area contributed by atoms with Crippen LogP contribution in [0.25, 0.3) is 16.0 Å². The van der Waals surface area contributed by atoms with Gasteiger partial charge >= 0.3 is 5.91 Å². The van der Waals surface area contributed by atoms with Gasteiger partial charge < -0.3 is 9.84 Å². The number of amides is 1. The Labute approximate surface area is 211 Å². The van der Waals surface area contributed by atoms with Gasteiger partial charge in [-0.1, -0.05) is 36.5 Å². The molecule has 0 saturated carbocycles. The molecule has 1 aliphatic heterocycles. The number of ketones is 1. The second-order valence-electron chi connectivity index (χ2n) is 8.33. The van der Waals surface area contributed by atoms with E-state index >= 15 is 0 Å². The number of carbonyl (C=O) groups excluding carboxylic acids is 2. The molecule has 0 spiro atoms. The van der Waals surface area contributed by atoms with Gasteiger partial charge in [0.2, 0.25) is 0 Å². The number of nitrogens with zero attached hydrogens (tertiary/aromatic N) is 2. The molecule has 1 N–H and O–H groups in total. The zero-order valence-electron chi connectivity index (χ0n) is 19.7. The molecule has 1 atom stereocenters. The Morgan fingerprint density at radius 1 is 1.06 bits per heavy atom. The summed E-state index contributed by atoms with van der Waals surface area (Å²) in [5.74, 6) is -1.78. The smallest absolute Gasteiger partial charge is 0.301 e. The third kappa shape index (κ3) is 4.13. The van der Waals surface area contributed by atoms with E-state index in [0.717, 1.165) is 16.7 Å². The molecule has 2 heterocycles. The molecule has 0 unspecified atom stereocenters. The number of ether oxygens (including phenoxy) is 1. The zero-order chi connectivity index (χ0) is 25.4. The first-order valence-corrected chi connectivity index (χ1v) is 12.4. The third-order valence-electron chi connectivity index (χ3n) is 6.12. The van der Waals surface area contributed by atoms with Crippen LogP contribution in [0.15, 0.2) is 72.3 Å². The van der Waals surface area contributed by atoms with E-state index in [1.807, 2.05) is 25.1 Å². The van der Waals surface area contributed by atoms with Gasteiger partial charge in [0.1, 0.15) is 17.3 Å². The Morgan fingerprint density at radius 3 is 2.44 bits per heavy atom. The van der Waals surface area contributed by atoms with Gasteiger partial charge in [-0.2, -0.15) is 0 Å². The molecule has 0 bridgehead atoms.